The minimum Gasteiger partial charge on any atom is -0.479 e. The summed E-state index contributed by atoms with van der Waals surface area (Å²) in [6.07, 6.45) is 0.126. The van der Waals surface area contributed by atoms with Crippen molar-refractivity contribution >= 4 is 17.7 Å². The Hall–Kier alpha value is -2.08. The van der Waals surface area contributed by atoms with Crippen molar-refractivity contribution in [1.29, 1.82) is 0 Å². The van der Waals surface area contributed by atoms with E-state index in [-0.39, 0.29) is 13.0 Å². The van der Waals surface area contributed by atoms with Gasteiger partial charge in [-0.25, -0.2) is 9.59 Å². The molecule has 0 heterocycles. The Balaban J connectivity index is 2.61. The van der Waals surface area contributed by atoms with Crippen molar-refractivity contribution < 1.29 is 19.8 Å². The number of benzene rings is 1. The summed E-state index contributed by atoms with van der Waals surface area (Å²) in [5.41, 5.74) is 2.91. The maximum atomic E-state index is 11.8. The van der Waals surface area contributed by atoms with Crippen LogP contribution in [0, 0.1) is 0 Å². The second-order valence-corrected chi connectivity index (χ2v) is 4.68. The van der Waals surface area contributed by atoms with E-state index < -0.39 is 18.1 Å². The van der Waals surface area contributed by atoms with Crippen molar-refractivity contribution in [2.45, 2.75) is 39.2 Å². The highest BCUT2D eigenvalue weighted by Crippen LogP contribution is 2.22. The SMILES string of the molecule is CCc1cccc(CC)c1NC(=O)NCC[C@H](O)C(=O)O. The van der Waals surface area contributed by atoms with Crippen LogP contribution in [-0.2, 0) is 17.6 Å². The fraction of sp³-hybridized carbons (Fsp3) is 0.467. The number of carbonyl (C=O) groups is 2. The molecule has 6 heteroatoms. The zero-order valence-corrected chi connectivity index (χ0v) is 12.3. The van der Waals surface area contributed by atoms with Crippen LogP contribution in [0.2, 0.25) is 0 Å². The third-order valence-electron chi connectivity index (χ3n) is 3.23. The Morgan fingerprint density at radius 2 is 1.76 bits per heavy atom. The van der Waals surface area contributed by atoms with E-state index in [2.05, 4.69) is 10.6 Å². The second kappa shape index (κ2) is 8.26. The minimum absolute atomic E-state index is 0.0290. The van der Waals surface area contributed by atoms with Gasteiger partial charge in [-0.3, -0.25) is 0 Å². The number of carbonyl (C=O) groups excluding carboxylic acids is 1. The predicted octanol–water partition coefficient (Wildman–Crippen LogP) is 1.77. The molecule has 4 N–H and O–H groups in total. The van der Waals surface area contributed by atoms with E-state index in [9.17, 15) is 9.59 Å². The number of para-hydroxylation sites is 1. The summed E-state index contributed by atoms with van der Waals surface area (Å²) >= 11 is 0. The molecule has 1 aromatic carbocycles. The number of aliphatic carboxylic acids is 1. The first-order valence-corrected chi connectivity index (χ1v) is 7.06. The first-order valence-electron chi connectivity index (χ1n) is 7.06. The Morgan fingerprint density at radius 1 is 1.19 bits per heavy atom. The van der Waals surface area contributed by atoms with Gasteiger partial charge in [0.15, 0.2) is 6.10 Å². The summed E-state index contributed by atoms with van der Waals surface area (Å²) in [7, 11) is 0. The lowest BCUT2D eigenvalue weighted by molar-refractivity contribution is -0.146. The van der Waals surface area contributed by atoms with Gasteiger partial charge in [-0.05, 0) is 24.0 Å². The molecule has 0 saturated heterocycles. The van der Waals surface area contributed by atoms with Gasteiger partial charge < -0.3 is 20.8 Å². The summed E-state index contributed by atoms with van der Waals surface area (Å²) in [5, 5.41) is 23.0. The number of hydrogen-bond donors (Lipinski definition) is 4. The molecule has 0 aromatic heterocycles. The van der Waals surface area contributed by atoms with E-state index in [0.717, 1.165) is 29.7 Å². The highest BCUT2D eigenvalue weighted by molar-refractivity contribution is 5.91. The fourth-order valence-corrected chi connectivity index (χ4v) is 2.01. The Labute approximate surface area is 124 Å². The number of nitrogens with one attached hydrogen (secondary N) is 2. The molecule has 0 aliphatic heterocycles. The van der Waals surface area contributed by atoms with Crippen LogP contribution in [0.3, 0.4) is 0 Å². The van der Waals surface area contributed by atoms with Gasteiger partial charge in [0.25, 0.3) is 0 Å². The first kappa shape index (κ1) is 17.0. The van der Waals surface area contributed by atoms with Gasteiger partial charge in [0.1, 0.15) is 0 Å². The molecule has 0 bridgehead atoms. The molecule has 21 heavy (non-hydrogen) atoms. The standard InChI is InChI=1S/C15H22N2O4/c1-3-10-6-5-7-11(4-2)13(10)17-15(21)16-9-8-12(18)14(19)20/h5-7,12,18H,3-4,8-9H2,1-2H3,(H,19,20)(H2,16,17,21)/t12-/m0/s1. The quantitative estimate of drug-likeness (QED) is 0.616. The van der Waals surface area contributed by atoms with Crippen molar-refractivity contribution in [3.63, 3.8) is 0 Å². The molecule has 1 aromatic rings. The molecule has 1 rings (SSSR count). The number of carboxylic acid groups (broad SMARTS) is 1. The molecule has 1 atom stereocenters. The van der Waals surface area contributed by atoms with Crippen LogP contribution in [0.4, 0.5) is 10.5 Å². The number of hydrogen-bond acceptors (Lipinski definition) is 3. The largest absolute Gasteiger partial charge is 0.479 e. The molecule has 0 aliphatic carbocycles. The molecule has 0 fully saturated rings. The van der Waals surface area contributed by atoms with Crippen LogP contribution in [-0.4, -0.2) is 34.9 Å². The number of aryl methyl sites for hydroxylation is 2. The summed E-state index contributed by atoms with van der Waals surface area (Å²) in [6.45, 7) is 4.12. The van der Waals surface area contributed by atoms with E-state index >= 15 is 0 Å². The molecule has 2 amide bonds. The molecule has 0 radical (unpaired) electrons. The summed E-state index contributed by atoms with van der Waals surface area (Å²) in [6, 6.07) is 5.48. The number of rotatable bonds is 7. The first-order chi connectivity index (χ1) is 9.99. The Bertz CT molecular complexity index is 480. The molecule has 0 aliphatic rings. The van der Waals surface area contributed by atoms with Crippen molar-refractivity contribution in [3.8, 4) is 0 Å². The zero-order chi connectivity index (χ0) is 15.8. The van der Waals surface area contributed by atoms with Crippen molar-refractivity contribution in [3.05, 3.63) is 29.3 Å². The Morgan fingerprint density at radius 3 is 2.24 bits per heavy atom. The van der Waals surface area contributed by atoms with Crippen LogP contribution in [0.5, 0.6) is 0 Å². The van der Waals surface area contributed by atoms with Gasteiger partial charge in [-0.15, -0.1) is 0 Å². The number of carboxylic acids is 1. The number of urea groups is 1. The fourth-order valence-electron chi connectivity index (χ4n) is 2.01. The summed E-state index contributed by atoms with van der Waals surface area (Å²) in [5.74, 6) is -1.29. The van der Waals surface area contributed by atoms with Gasteiger partial charge >= 0.3 is 12.0 Å². The van der Waals surface area contributed by atoms with Crippen LogP contribution in [0.15, 0.2) is 18.2 Å². The van der Waals surface area contributed by atoms with Gasteiger partial charge in [0.2, 0.25) is 0 Å². The van der Waals surface area contributed by atoms with Gasteiger partial charge in [0, 0.05) is 18.7 Å². The van der Waals surface area contributed by atoms with Gasteiger partial charge in [0.05, 0.1) is 0 Å². The summed E-state index contributed by atoms with van der Waals surface area (Å²) in [4.78, 5) is 22.3. The highest BCUT2D eigenvalue weighted by Gasteiger charge is 2.14. The van der Waals surface area contributed by atoms with E-state index in [1.54, 1.807) is 0 Å². The average Bonchev–Trinajstić information content (AvgIpc) is 2.47. The highest BCUT2D eigenvalue weighted by atomic mass is 16.4. The van der Waals surface area contributed by atoms with E-state index in [1.807, 2.05) is 32.0 Å². The molecule has 0 spiro atoms. The number of aliphatic hydroxyl groups excluding tert-OH is 1. The third kappa shape index (κ3) is 5.07. The predicted molar refractivity (Wildman–Crippen MR) is 80.5 cm³/mol. The Kier molecular flexibility index (Phi) is 6.68. The third-order valence-corrected chi connectivity index (χ3v) is 3.23. The van der Waals surface area contributed by atoms with Gasteiger partial charge in [-0.2, -0.15) is 0 Å². The smallest absolute Gasteiger partial charge is 0.332 e. The molecule has 116 valence electrons. The molecule has 0 saturated carbocycles. The lowest BCUT2D eigenvalue weighted by atomic mass is 10.0. The number of anilines is 1. The molecule has 6 nitrogen and oxygen atoms in total. The average molecular weight is 294 g/mol. The van der Waals surface area contributed by atoms with Gasteiger partial charge in [-0.1, -0.05) is 32.0 Å². The van der Waals surface area contributed by atoms with Crippen LogP contribution >= 0.6 is 0 Å². The van der Waals surface area contributed by atoms with Crippen molar-refractivity contribution in [2.24, 2.45) is 0 Å². The van der Waals surface area contributed by atoms with Crippen LogP contribution in [0.25, 0.3) is 0 Å². The topological polar surface area (TPSA) is 98.7 Å². The number of amides is 2. The van der Waals surface area contributed by atoms with Crippen molar-refractivity contribution in [1.82, 2.24) is 5.32 Å². The van der Waals surface area contributed by atoms with E-state index in [0.29, 0.717) is 0 Å². The normalized spacial score (nSPS) is 11.8. The van der Waals surface area contributed by atoms with E-state index in [4.69, 9.17) is 10.2 Å². The summed E-state index contributed by atoms with van der Waals surface area (Å²) < 4.78 is 0. The lowest BCUT2D eigenvalue weighted by Gasteiger charge is -2.15. The molecular formula is C15H22N2O4. The van der Waals surface area contributed by atoms with Crippen LogP contribution in [0.1, 0.15) is 31.4 Å². The maximum Gasteiger partial charge on any atom is 0.332 e. The maximum absolute atomic E-state index is 11.8. The lowest BCUT2D eigenvalue weighted by Crippen LogP contribution is -2.33. The number of aliphatic hydroxyl groups is 1. The monoisotopic (exact) mass is 294 g/mol. The molecular weight excluding hydrogens is 272 g/mol. The second-order valence-electron chi connectivity index (χ2n) is 4.68. The molecule has 0 unspecified atom stereocenters. The zero-order valence-electron chi connectivity index (χ0n) is 12.3. The minimum atomic E-state index is -1.46. The van der Waals surface area contributed by atoms with Crippen molar-refractivity contribution in [2.75, 3.05) is 11.9 Å². The van der Waals surface area contributed by atoms with E-state index in [1.165, 1.54) is 0 Å². The van der Waals surface area contributed by atoms with Crippen LogP contribution < -0.4 is 10.6 Å².